The van der Waals surface area contributed by atoms with E-state index in [4.69, 9.17) is 9.47 Å². The van der Waals surface area contributed by atoms with Crippen molar-refractivity contribution in [3.05, 3.63) is 18.0 Å². The Hall–Kier alpha value is -1.91. The molecule has 98 valence electrons. The highest BCUT2D eigenvalue weighted by molar-refractivity contribution is 6.01. The van der Waals surface area contributed by atoms with Crippen LogP contribution in [0.25, 0.3) is 0 Å². The van der Waals surface area contributed by atoms with Crippen LogP contribution in [0.1, 0.15) is 38.2 Å². The summed E-state index contributed by atoms with van der Waals surface area (Å²) in [7, 11) is 1.44. The molecule has 0 fully saturated rings. The van der Waals surface area contributed by atoms with Gasteiger partial charge in [-0.05, 0) is 0 Å². The van der Waals surface area contributed by atoms with Gasteiger partial charge in [0.25, 0.3) is 0 Å². The Labute approximate surface area is 106 Å². The number of ketones is 1. The first-order valence-corrected chi connectivity index (χ1v) is 5.53. The van der Waals surface area contributed by atoms with Crippen LogP contribution in [0.15, 0.2) is 12.3 Å². The van der Waals surface area contributed by atoms with Crippen LogP contribution >= 0.6 is 0 Å². The molecule has 0 atom stereocenters. The van der Waals surface area contributed by atoms with Crippen LogP contribution in [0.5, 0.6) is 11.5 Å². The first-order valence-electron chi connectivity index (χ1n) is 5.53. The predicted molar refractivity (Wildman–Crippen MR) is 65.9 cm³/mol. The van der Waals surface area contributed by atoms with E-state index in [0.29, 0.717) is 5.75 Å². The molecule has 1 heterocycles. The molecular formula is C13H17NO4. The van der Waals surface area contributed by atoms with Gasteiger partial charge >= 0.3 is 5.97 Å². The van der Waals surface area contributed by atoms with Crippen molar-refractivity contribution >= 4 is 11.8 Å². The monoisotopic (exact) mass is 251 g/mol. The van der Waals surface area contributed by atoms with Gasteiger partial charge in [-0.3, -0.25) is 9.59 Å². The molecule has 0 aliphatic rings. The molecule has 5 heteroatoms. The second-order valence-corrected chi connectivity index (χ2v) is 4.86. The summed E-state index contributed by atoms with van der Waals surface area (Å²) < 4.78 is 10.1. The van der Waals surface area contributed by atoms with E-state index in [1.807, 2.05) is 0 Å². The zero-order valence-electron chi connectivity index (χ0n) is 11.2. The van der Waals surface area contributed by atoms with Crippen molar-refractivity contribution in [3.63, 3.8) is 0 Å². The van der Waals surface area contributed by atoms with Crippen LogP contribution in [0.3, 0.4) is 0 Å². The fraction of sp³-hybridized carbons (Fsp3) is 0.462. The Morgan fingerprint density at radius 2 is 1.89 bits per heavy atom. The summed E-state index contributed by atoms with van der Waals surface area (Å²) in [6.45, 7) is 6.58. The Kier molecular flexibility index (Phi) is 4.06. The summed E-state index contributed by atoms with van der Waals surface area (Å²) in [5.41, 5.74) is -0.508. The van der Waals surface area contributed by atoms with E-state index in [-0.39, 0.29) is 17.2 Å². The number of Topliss-reactive ketones (excluding diaryl/α,β-unsaturated/α-hetero) is 1. The molecule has 5 nitrogen and oxygen atoms in total. The highest BCUT2D eigenvalue weighted by Crippen LogP contribution is 2.33. The first-order chi connectivity index (χ1) is 8.27. The van der Waals surface area contributed by atoms with Gasteiger partial charge in [0.15, 0.2) is 17.2 Å². The molecule has 0 radical (unpaired) electrons. The molecule has 18 heavy (non-hydrogen) atoms. The maximum atomic E-state index is 12.2. The summed E-state index contributed by atoms with van der Waals surface area (Å²) in [5.74, 6) is -0.345. The van der Waals surface area contributed by atoms with E-state index in [1.54, 1.807) is 20.8 Å². The normalized spacial score (nSPS) is 10.9. The van der Waals surface area contributed by atoms with E-state index < -0.39 is 11.4 Å². The maximum Gasteiger partial charge on any atom is 0.308 e. The quantitative estimate of drug-likeness (QED) is 0.609. The standard InChI is InChI=1S/C13H17NO4/c1-8(15)18-11-9(17-5)6-7-14-10(11)12(16)13(2,3)4/h6-7H,1-5H3. The van der Waals surface area contributed by atoms with Crippen molar-refractivity contribution in [1.29, 1.82) is 0 Å². The second-order valence-electron chi connectivity index (χ2n) is 4.86. The topological polar surface area (TPSA) is 65.5 Å². The summed E-state index contributed by atoms with van der Waals surface area (Å²) in [5, 5.41) is 0. The number of hydrogen-bond acceptors (Lipinski definition) is 5. The molecule has 0 amide bonds. The largest absolute Gasteiger partial charge is 0.493 e. The van der Waals surface area contributed by atoms with Gasteiger partial charge in [-0.2, -0.15) is 0 Å². The Bertz CT molecular complexity index is 474. The van der Waals surface area contributed by atoms with Gasteiger partial charge in [0.05, 0.1) is 7.11 Å². The van der Waals surface area contributed by atoms with Crippen LogP contribution < -0.4 is 9.47 Å². The second kappa shape index (κ2) is 5.16. The third-order valence-electron chi connectivity index (χ3n) is 2.23. The van der Waals surface area contributed by atoms with Gasteiger partial charge in [0.2, 0.25) is 5.75 Å². The number of pyridine rings is 1. The Balaban J connectivity index is 3.34. The van der Waals surface area contributed by atoms with Crippen LogP contribution in [-0.4, -0.2) is 23.8 Å². The van der Waals surface area contributed by atoms with Crippen molar-refractivity contribution in [2.45, 2.75) is 27.7 Å². The number of rotatable bonds is 3. The van der Waals surface area contributed by atoms with E-state index in [9.17, 15) is 9.59 Å². The molecule has 0 N–H and O–H groups in total. The zero-order valence-corrected chi connectivity index (χ0v) is 11.2. The Morgan fingerprint density at radius 3 is 2.33 bits per heavy atom. The fourth-order valence-corrected chi connectivity index (χ4v) is 1.35. The lowest BCUT2D eigenvalue weighted by Crippen LogP contribution is -2.23. The summed E-state index contributed by atoms with van der Waals surface area (Å²) in [6, 6.07) is 1.54. The van der Waals surface area contributed by atoms with Gasteiger partial charge in [0, 0.05) is 24.6 Å². The van der Waals surface area contributed by atoms with Gasteiger partial charge in [0.1, 0.15) is 0 Å². The number of esters is 1. The highest BCUT2D eigenvalue weighted by atomic mass is 16.6. The third kappa shape index (κ3) is 3.06. The smallest absolute Gasteiger partial charge is 0.308 e. The van der Waals surface area contributed by atoms with Gasteiger partial charge in [-0.25, -0.2) is 4.98 Å². The van der Waals surface area contributed by atoms with Gasteiger partial charge in [-0.15, -0.1) is 0 Å². The Morgan fingerprint density at radius 1 is 1.28 bits per heavy atom. The zero-order chi connectivity index (χ0) is 13.9. The third-order valence-corrected chi connectivity index (χ3v) is 2.23. The molecule has 1 aromatic rings. The molecule has 0 bridgehead atoms. The van der Waals surface area contributed by atoms with Crippen molar-refractivity contribution in [1.82, 2.24) is 4.98 Å². The molecule has 0 aliphatic heterocycles. The average molecular weight is 251 g/mol. The summed E-state index contributed by atoms with van der Waals surface area (Å²) in [4.78, 5) is 27.3. The SMILES string of the molecule is COc1ccnc(C(=O)C(C)(C)C)c1OC(C)=O. The number of aromatic nitrogens is 1. The minimum absolute atomic E-state index is 0.0763. The summed E-state index contributed by atoms with van der Waals surface area (Å²) >= 11 is 0. The molecule has 1 rings (SSSR count). The number of nitrogens with zero attached hydrogens (tertiary/aromatic N) is 1. The molecular weight excluding hydrogens is 234 g/mol. The minimum atomic E-state index is -0.617. The maximum absolute atomic E-state index is 12.2. The van der Waals surface area contributed by atoms with E-state index >= 15 is 0 Å². The van der Waals surface area contributed by atoms with Crippen molar-refractivity contribution in [2.24, 2.45) is 5.41 Å². The van der Waals surface area contributed by atoms with Gasteiger partial charge in [-0.1, -0.05) is 20.8 Å². The molecule has 0 aromatic carbocycles. The van der Waals surface area contributed by atoms with Crippen molar-refractivity contribution in [2.75, 3.05) is 7.11 Å². The fourth-order valence-electron chi connectivity index (χ4n) is 1.35. The minimum Gasteiger partial charge on any atom is -0.493 e. The number of ether oxygens (including phenoxy) is 2. The van der Waals surface area contributed by atoms with Gasteiger partial charge < -0.3 is 9.47 Å². The summed E-state index contributed by atoms with van der Waals surface area (Å²) in [6.07, 6.45) is 1.45. The molecule has 1 aromatic heterocycles. The highest BCUT2D eigenvalue weighted by Gasteiger charge is 2.29. The molecule has 0 unspecified atom stereocenters. The van der Waals surface area contributed by atoms with Crippen molar-refractivity contribution in [3.8, 4) is 11.5 Å². The molecule has 0 saturated heterocycles. The predicted octanol–water partition coefficient (Wildman–Crippen LogP) is 2.24. The lowest BCUT2D eigenvalue weighted by atomic mass is 9.88. The average Bonchev–Trinajstić information content (AvgIpc) is 2.26. The van der Waals surface area contributed by atoms with Crippen LogP contribution in [-0.2, 0) is 4.79 Å². The van der Waals surface area contributed by atoms with Crippen LogP contribution in [0, 0.1) is 5.41 Å². The van der Waals surface area contributed by atoms with E-state index in [2.05, 4.69) is 4.98 Å². The lowest BCUT2D eigenvalue weighted by molar-refractivity contribution is -0.132. The first kappa shape index (κ1) is 14.2. The van der Waals surface area contributed by atoms with Crippen molar-refractivity contribution < 1.29 is 19.1 Å². The number of carbonyl (C=O) groups excluding carboxylic acids is 2. The van der Waals surface area contributed by atoms with Crippen LogP contribution in [0.4, 0.5) is 0 Å². The number of hydrogen-bond donors (Lipinski definition) is 0. The van der Waals surface area contributed by atoms with E-state index in [0.717, 1.165) is 0 Å². The van der Waals surface area contributed by atoms with Crippen LogP contribution in [0.2, 0.25) is 0 Å². The lowest BCUT2D eigenvalue weighted by Gasteiger charge is -2.18. The number of carbonyl (C=O) groups is 2. The number of methoxy groups -OCH3 is 1. The molecule has 0 spiro atoms. The molecule has 0 aliphatic carbocycles. The molecule has 0 saturated carbocycles. The van der Waals surface area contributed by atoms with E-state index in [1.165, 1.54) is 26.3 Å².